The Hall–Kier alpha value is -4.08. The zero-order valence-corrected chi connectivity index (χ0v) is 35.1. The van der Waals surface area contributed by atoms with Crippen LogP contribution in [-0.2, 0) is 59.1 Å². The van der Waals surface area contributed by atoms with Crippen LogP contribution in [0.2, 0.25) is 0 Å². The van der Waals surface area contributed by atoms with Crippen LogP contribution in [0.4, 0.5) is 17.1 Å². The molecule has 0 saturated carbocycles. The van der Waals surface area contributed by atoms with Gasteiger partial charge in [-0.15, -0.1) is 0 Å². The van der Waals surface area contributed by atoms with Gasteiger partial charge in [0.15, 0.2) is 0 Å². The van der Waals surface area contributed by atoms with Crippen LogP contribution < -0.4 is 14.9 Å². The molecule has 0 aliphatic carbocycles. The van der Waals surface area contributed by atoms with Gasteiger partial charge in [0.1, 0.15) is 5.75 Å². The first-order valence-corrected chi connectivity index (χ1v) is 21.2. The molecule has 18 heteroatoms. The van der Waals surface area contributed by atoms with E-state index in [4.69, 9.17) is 37.9 Å². The number of azo groups is 1. The maximum Gasteiger partial charge on any atom is 0.240 e. The molecular formula is C41H61N5O12S. The zero-order valence-electron chi connectivity index (χ0n) is 34.3. The third-order valence-corrected chi connectivity index (χ3v) is 9.56. The van der Waals surface area contributed by atoms with Crippen LogP contribution in [0, 0.1) is 0 Å². The fraction of sp³-hybridized carbons (Fsp3) is 0.537. The molecule has 0 radical (unpaired) electrons. The fourth-order valence-electron chi connectivity index (χ4n) is 4.86. The van der Waals surface area contributed by atoms with Gasteiger partial charge in [-0.1, -0.05) is 12.1 Å². The van der Waals surface area contributed by atoms with E-state index >= 15 is 0 Å². The number of sulfonamides is 1. The zero-order chi connectivity index (χ0) is 42.2. The van der Waals surface area contributed by atoms with Crippen molar-refractivity contribution in [3.8, 4) is 5.75 Å². The van der Waals surface area contributed by atoms with E-state index in [1.54, 1.807) is 24.3 Å². The van der Waals surface area contributed by atoms with E-state index in [0.717, 1.165) is 11.3 Å². The number of rotatable bonds is 35. The van der Waals surface area contributed by atoms with Gasteiger partial charge in [-0.3, -0.25) is 4.79 Å². The van der Waals surface area contributed by atoms with Crippen LogP contribution in [0.5, 0.6) is 5.75 Å². The highest BCUT2D eigenvalue weighted by molar-refractivity contribution is 7.89. The summed E-state index contributed by atoms with van der Waals surface area (Å²) in [7, 11) is 0.236. The van der Waals surface area contributed by atoms with E-state index in [9.17, 15) is 18.3 Å². The van der Waals surface area contributed by atoms with Crippen LogP contribution in [0.15, 0.2) is 87.9 Å². The summed E-state index contributed by atoms with van der Waals surface area (Å²) in [5.41, 5.74) is 3.34. The molecule has 1 amide bonds. The molecule has 3 aromatic rings. The molecule has 0 aliphatic heterocycles. The molecule has 0 aliphatic rings. The molecule has 3 aromatic carbocycles. The SMILES string of the molecule is CN(C)c1ccc(N=Nc2ccc(S(=O)(=O)NCCOCCOCCOCCOCCOCCOCCOCCOCCC(=O)NCCc3ccc(O)cc3)cc2)cc1. The molecule has 0 fully saturated rings. The third kappa shape index (κ3) is 23.9. The number of nitrogens with one attached hydrogen (secondary N) is 2. The second-order valence-corrected chi connectivity index (χ2v) is 14.7. The van der Waals surface area contributed by atoms with E-state index in [1.807, 2.05) is 55.4 Å². The fourth-order valence-corrected chi connectivity index (χ4v) is 5.87. The number of carbonyl (C=O) groups excluding carboxylic acids is 1. The number of carbonyl (C=O) groups is 1. The van der Waals surface area contributed by atoms with Gasteiger partial charge in [0.05, 0.1) is 122 Å². The number of hydrogen-bond donors (Lipinski definition) is 3. The maximum atomic E-state index is 12.6. The Balaban J connectivity index is 0.996. The lowest BCUT2D eigenvalue weighted by Crippen LogP contribution is -2.27. The number of phenolic OH excluding ortho intramolecular Hbond substituents is 1. The van der Waals surface area contributed by atoms with Gasteiger partial charge in [-0.2, -0.15) is 10.2 Å². The second-order valence-electron chi connectivity index (χ2n) is 12.9. The molecule has 0 atom stereocenters. The smallest absolute Gasteiger partial charge is 0.240 e. The lowest BCUT2D eigenvalue weighted by Gasteiger charge is -2.11. The van der Waals surface area contributed by atoms with Crippen molar-refractivity contribution in [2.24, 2.45) is 10.2 Å². The molecule has 328 valence electrons. The average Bonchev–Trinajstić information content (AvgIpc) is 3.23. The highest BCUT2D eigenvalue weighted by Gasteiger charge is 2.13. The highest BCUT2D eigenvalue weighted by Crippen LogP contribution is 2.22. The van der Waals surface area contributed by atoms with Crippen molar-refractivity contribution in [3.63, 3.8) is 0 Å². The summed E-state index contributed by atoms with van der Waals surface area (Å²) >= 11 is 0. The third-order valence-electron chi connectivity index (χ3n) is 8.08. The molecule has 0 bridgehead atoms. The van der Waals surface area contributed by atoms with Gasteiger partial charge >= 0.3 is 0 Å². The number of hydrogen-bond acceptors (Lipinski definition) is 15. The molecule has 17 nitrogen and oxygen atoms in total. The minimum Gasteiger partial charge on any atom is -0.508 e. The van der Waals surface area contributed by atoms with Crippen LogP contribution in [0.1, 0.15) is 12.0 Å². The number of aromatic hydroxyl groups is 1. The average molecular weight is 848 g/mol. The molecule has 3 rings (SSSR count). The normalized spacial score (nSPS) is 11.7. The van der Waals surface area contributed by atoms with Crippen molar-refractivity contribution in [1.82, 2.24) is 10.0 Å². The molecule has 0 unspecified atom stereocenters. The van der Waals surface area contributed by atoms with E-state index < -0.39 is 10.0 Å². The first-order chi connectivity index (χ1) is 28.7. The Labute approximate surface area is 348 Å². The summed E-state index contributed by atoms with van der Waals surface area (Å²) in [5.74, 6) is 0.159. The lowest BCUT2D eigenvalue weighted by molar-refractivity contribution is -0.122. The van der Waals surface area contributed by atoms with Crippen molar-refractivity contribution in [2.45, 2.75) is 17.7 Å². The van der Waals surface area contributed by atoms with Gasteiger partial charge in [-0.25, -0.2) is 13.1 Å². The predicted molar refractivity (Wildman–Crippen MR) is 223 cm³/mol. The summed E-state index contributed by atoms with van der Waals surface area (Å²) in [6.07, 6.45) is 0.986. The topological polar surface area (TPSA) is 197 Å². The quantitative estimate of drug-likeness (QED) is 0.0568. The molecule has 0 saturated heterocycles. The Morgan fingerprint density at radius 3 is 1.41 bits per heavy atom. The van der Waals surface area contributed by atoms with E-state index in [2.05, 4.69) is 20.3 Å². The Kier molecular flexibility index (Phi) is 25.8. The predicted octanol–water partition coefficient (Wildman–Crippen LogP) is 4.03. The monoisotopic (exact) mass is 847 g/mol. The number of benzene rings is 3. The van der Waals surface area contributed by atoms with E-state index in [1.165, 1.54) is 12.1 Å². The first-order valence-electron chi connectivity index (χ1n) is 19.7. The van der Waals surface area contributed by atoms with Crippen molar-refractivity contribution in [2.75, 3.05) is 138 Å². The van der Waals surface area contributed by atoms with Crippen molar-refractivity contribution >= 4 is 33.0 Å². The Bertz CT molecular complexity index is 1670. The lowest BCUT2D eigenvalue weighted by atomic mass is 10.1. The standard InChI is InChI=1S/C41H61N5O12S/c1-46(2)38-9-5-36(6-10-38)44-45-37-7-13-40(14-8-37)59(49,50)43-18-20-52-22-24-54-26-28-56-30-32-58-34-33-57-31-29-55-27-25-53-23-21-51-19-16-41(48)42-17-15-35-3-11-39(47)12-4-35/h3-14,43,47H,15-34H2,1-2H3,(H,42,48). The molecule has 0 spiro atoms. The minimum atomic E-state index is -3.69. The summed E-state index contributed by atoms with van der Waals surface area (Å²) < 4.78 is 71.5. The van der Waals surface area contributed by atoms with Crippen molar-refractivity contribution in [3.05, 3.63) is 78.4 Å². The molecule has 59 heavy (non-hydrogen) atoms. The van der Waals surface area contributed by atoms with Crippen LogP contribution in [0.3, 0.4) is 0 Å². The highest BCUT2D eigenvalue weighted by atomic mass is 32.2. The van der Waals surface area contributed by atoms with E-state index in [0.29, 0.717) is 123 Å². The number of ether oxygens (including phenoxy) is 8. The largest absolute Gasteiger partial charge is 0.508 e. The van der Waals surface area contributed by atoms with Gasteiger partial charge in [0.2, 0.25) is 15.9 Å². The van der Waals surface area contributed by atoms with Gasteiger partial charge in [0.25, 0.3) is 0 Å². The minimum absolute atomic E-state index is 0.0658. The molecule has 0 heterocycles. The number of nitrogens with zero attached hydrogens (tertiary/aromatic N) is 3. The maximum absolute atomic E-state index is 12.6. The number of phenols is 1. The first kappa shape index (κ1) is 49.3. The Morgan fingerprint density at radius 1 is 0.559 bits per heavy atom. The molecule has 3 N–H and O–H groups in total. The summed E-state index contributed by atoms with van der Waals surface area (Å²) in [6.45, 7) is 7.09. The second kappa shape index (κ2) is 30.9. The number of amides is 1. The Morgan fingerprint density at radius 2 is 0.966 bits per heavy atom. The molecular weight excluding hydrogens is 787 g/mol. The van der Waals surface area contributed by atoms with Crippen molar-refractivity contribution < 1.29 is 56.2 Å². The van der Waals surface area contributed by atoms with E-state index in [-0.39, 0.29) is 36.1 Å². The van der Waals surface area contributed by atoms with Crippen LogP contribution >= 0.6 is 0 Å². The van der Waals surface area contributed by atoms with Gasteiger partial charge < -0.3 is 53.2 Å². The number of anilines is 1. The van der Waals surface area contributed by atoms with Crippen LogP contribution in [-0.4, -0.2) is 152 Å². The van der Waals surface area contributed by atoms with Gasteiger partial charge in [-0.05, 0) is 72.6 Å². The van der Waals surface area contributed by atoms with Crippen LogP contribution in [0.25, 0.3) is 0 Å². The summed E-state index contributed by atoms with van der Waals surface area (Å²) in [4.78, 5) is 14.0. The van der Waals surface area contributed by atoms with Gasteiger partial charge in [0, 0.05) is 39.3 Å². The van der Waals surface area contributed by atoms with Crippen molar-refractivity contribution in [1.29, 1.82) is 0 Å². The summed E-state index contributed by atoms with van der Waals surface area (Å²) in [6, 6.07) is 20.7. The summed E-state index contributed by atoms with van der Waals surface area (Å²) in [5, 5.41) is 20.5. The molecule has 0 aromatic heterocycles.